The Kier molecular flexibility index (Phi) is 5.85. The molecule has 3 unspecified atom stereocenters. The number of likely N-dealkylation sites (N-methyl/N-ethyl adjacent to an activating group) is 1. The van der Waals surface area contributed by atoms with Crippen LogP contribution in [-0.2, 0) is 0 Å². The molecule has 1 aromatic heterocycles. The predicted molar refractivity (Wildman–Crippen MR) is 73.4 cm³/mol. The largest absolute Gasteiger partial charge is 0.465 e. The fraction of sp³-hybridized carbons (Fsp3) is 0.714. The molecule has 3 N–H and O–H groups in total. The fourth-order valence-corrected chi connectivity index (χ4v) is 2.12. The molecule has 0 aliphatic rings. The zero-order chi connectivity index (χ0) is 13.7. The van der Waals surface area contributed by atoms with Crippen LogP contribution >= 0.6 is 0 Å². The molecular weight excluding hydrogens is 228 g/mol. The van der Waals surface area contributed by atoms with Gasteiger partial charge in [0.05, 0.1) is 12.1 Å². The van der Waals surface area contributed by atoms with E-state index in [1.807, 2.05) is 26.1 Å². The molecule has 0 fully saturated rings. The second kappa shape index (κ2) is 6.92. The van der Waals surface area contributed by atoms with Gasteiger partial charge in [0.25, 0.3) is 0 Å². The number of aliphatic hydroxyl groups excluding tert-OH is 1. The molecule has 0 aliphatic carbocycles. The summed E-state index contributed by atoms with van der Waals surface area (Å²) in [5, 5.41) is 9.37. The first-order chi connectivity index (χ1) is 8.45. The van der Waals surface area contributed by atoms with Crippen molar-refractivity contribution in [1.82, 2.24) is 4.90 Å². The minimum Gasteiger partial charge on any atom is -0.465 e. The van der Waals surface area contributed by atoms with Gasteiger partial charge in [-0.3, -0.25) is 4.90 Å². The highest BCUT2D eigenvalue weighted by Crippen LogP contribution is 2.26. The topological polar surface area (TPSA) is 62.6 Å². The minimum atomic E-state index is -0.288. The third-order valence-corrected chi connectivity index (χ3v) is 3.30. The molecule has 1 rings (SSSR count). The number of aryl methyl sites for hydroxylation is 1. The van der Waals surface area contributed by atoms with Crippen molar-refractivity contribution in [3.8, 4) is 0 Å². The quantitative estimate of drug-likeness (QED) is 0.782. The molecule has 1 heterocycles. The minimum absolute atomic E-state index is 0.0366. The zero-order valence-corrected chi connectivity index (χ0v) is 11.9. The lowest BCUT2D eigenvalue weighted by molar-refractivity contribution is 0.131. The zero-order valence-electron chi connectivity index (χ0n) is 11.9. The maximum Gasteiger partial charge on any atom is 0.122 e. The van der Waals surface area contributed by atoms with Crippen LogP contribution in [0.1, 0.15) is 44.3 Å². The highest BCUT2D eigenvalue weighted by molar-refractivity contribution is 5.12. The van der Waals surface area contributed by atoms with Crippen molar-refractivity contribution in [2.75, 3.05) is 13.6 Å². The molecule has 0 amide bonds. The second-order valence-electron chi connectivity index (χ2n) is 5.08. The number of nitrogens with two attached hydrogens (primary N) is 1. The van der Waals surface area contributed by atoms with Crippen LogP contribution in [0.3, 0.4) is 0 Å². The van der Waals surface area contributed by atoms with Gasteiger partial charge >= 0.3 is 0 Å². The Hall–Kier alpha value is -0.840. The van der Waals surface area contributed by atoms with E-state index in [4.69, 9.17) is 10.2 Å². The van der Waals surface area contributed by atoms with E-state index < -0.39 is 0 Å². The van der Waals surface area contributed by atoms with E-state index in [0.717, 1.165) is 30.9 Å². The van der Waals surface area contributed by atoms with Crippen molar-refractivity contribution in [2.45, 2.75) is 51.8 Å². The Morgan fingerprint density at radius 1 is 1.44 bits per heavy atom. The van der Waals surface area contributed by atoms with Crippen molar-refractivity contribution >= 4 is 0 Å². The molecule has 4 heteroatoms. The molecule has 0 bridgehead atoms. The molecule has 0 saturated carbocycles. The van der Waals surface area contributed by atoms with Crippen LogP contribution < -0.4 is 5.73 Å². The Morgan fingerprint density at radius 3 is 2.56 bits per heavy atom. The van der Waals surface area contributed by atoms with Gasteiger partial charge in [-0.1, -0.05) is 6.92 Å². The highest BCUT2D eigenvalue weighted by Gasteiger charge is 2.25. The van der Waals surface area contributed by atoms with Gasteiger partial charge < -0.3 is 15.3 Å². The lowest BCUT2D eigenvalue weighted by atomic mass is 10.0. The number of furan rings is 1. The fourth-order valence-electron chi connectivity index (χ4n) is 2.12. The summed E-state index contributed by atoms with van der Waals surface area (Å²) in [6.07, 6.45) is 1.34. The van der Waals surface area contributed by atoms with Gasteiger partial charge in [-0.25, -0.2) is 0 Å². The maximum atomic E-state index is 9.37. The van der Waals surface area contributed by atoms with Crippen molar-refractivity contribution in [2.24, 2.45) is 5.73 Å². The van der Waals surface area contributed by atoms with E-state index in [1.165, 1.54) is 0 Å². The summed E-state index contributed by atoms with van der Waals surface area (Å²) in [7, 11) is 2.03. The third kappa shape index (κ3) is 4.12. The average molecular weight is 254 g/mol. The van der Waals surface area contributed by atoms with Crippen LogP contribution in [0, 0.1) is 6.92 Å². The number of hydrogen-bond acceptors (Lipinski definition) is 4. The average Bonchev–Trinajstić information content (AvgIpc) is 2.73. The van der Waals surface area contributed by atoms with E-state index in [0.29, 0.717) is 0 Å². The van der Waals surface area contributed by atoms with E-state index >= 15 is 0 Å². The highest BCUT2D eigenvalue weighted by atomic mass is 16.3. The Morgan fingerprint density at radius 2 is 2.11 bits per heavy atom. The molecule has 18 heavy (non-hydrogen) atoms. The van der Waals surface area contributed by atoms with Gasteiger partial charge in [0.2, 0.25) is 0 Å². The van der Waals surface area contributed by atoms with Crippen LogP contribution in [0.25, 0.3) is 0 Å². The van der Waals surface area contributed by atoms with Crippen LogP contribution in [0.2, 0.25) is 0 Å². The van der Waals surface area contributed by atoms with Crippen molar-refractivity contribution in [3.63, 3.8) is 0 Å². The van der Waals surface area contributed by atoms with Gasteiger partial charge in [-0.2, -0.15) is 0 Å². The standard InChI is InChI=1S/C14H26N2O2/c1-5-12(15)14(13-7-6-11(3)18-13)16(4)9-8-10(2)17/h6-7,10,12,14,17H,5,8-9,15H2,1-4H3. The number of nitrogens with zero attached hydrogens (tertiary/aromatic N) is 1. The van der Waals surface area contributed by atoms with Crippen LogP contribution in [0.5, 0.6) is 0 Å². The van der Waals surface area contributed by atoms with Crippen molar-refractivity contribution in [1.29, 1.82) is 0 Å². The summed E-state index contributed by atoms with van der Waals surface area (Å²) in [6.45, 7) is 6.62. The first-order valence-corrected chi connectivity index (χ1v) is 6.66. The van der Waals surface area contributed by atoms with Crippen LogP contribution in [0.15, 0.2) is 16.5 Å². The molecule has 4 nitrogen and oxygen atoms in total. The van der Waals surface area contributed by atoms with Gasteiger partial charge in [0.1, 0.15) is 11.5 Å². The van der Waals surface area contributed by atoms with E-state index in [2.05, 4.69) is 11.8 Å². The Labute approximate surface area is 110 Å². The van der Waals surface area contributed by atoms with E-state index in [1.54, 1.807) is 6.92 Å². The molecular formula is C14H26N2O2. The first-order valence-electron chi connectivity index (χ1n) is 6.66. The molecule has 1 aromatic rings. The molecule has 0 aromatic carbocycles. The molecule has 0 spiro atoms. The smallest absolute Gasteiger partial charge is 0.122 e. The van der Waals surface area contributed by atoms with Gasteiger partial charge in [-0.05, 0) is 45.9 Å². The molecule has 3 atom stereocenters. The monoisotopic (exact) mass is 254 g/mol. The number of hydrogen-bond donors (Lipinski definition) is 2. The van der Waals surface area contributed by atoms with Gasteiger partial charge in [0, 0.05) is 12.6 Å². The second-order valence-corrected chi connectivity index (χ2v) is 5.08. The van der Waals surface area contributed by atoms with Crippen molar-refractivity contribution < 1.29 is 9.52 Å². The molecule has 104 valence electrons. The number of rotatable bonds is 7. The summed E-state index contributed by atoms with van der Waals surface area (Å²) in [5.74, 6) is 1.82. The predicted octanol–water partition coefficient (Wildman–Crippen LogP) is 2.07. The lowest BCUT2D eigenvalue weighted by Gasteiger charge is -2.31. The Bertz CT molecular complexity index is 349. The van der Waals surface area contributed by atoms with Crippen LogP contribution in [-0.4, -0.2) is 35.7 Å². The normalized spacial score (nSPS) is 16.8. The first kappa shape index (κ1) is 15.2. The molecule has 0 saturated heterocycles. The maximum absolute atomic E-state index is 9.37. The summed E-state index contributed by atoms with van der Waals surface area (Å²) >= 11 is 0. The van der Waals surface area contributed by atoms with E-state index in [9.17, 15) is 5.11 Å². The molecule has 0 aliphatic heterocycles. The van der Waals surface area contributed by atoms with E-state index in [-0.39, 0.29) is 18.2 Å². The molecule has 0 radical (unpaired) electrons. The Balaban J connectivity index is 2.78. The summed E-state index contributed by atoms with van der Waals surface area (Å²) in [6, 6.07) is 4.07. The summed E-state index contributed by atoms with van der Waals surface area (Å²) < 4.78 is 5.71. The summed E-state index contributed by atoms with van der Waals surface area (Å²) in [4.78, 5) is 2.17. The van der Waals surface area contributed by atoms with Crippen LogP contribution in [0.4, 0.5) is 0 Å². The SMILES string of the molecule is CCC(N)C(c1ccc(C)o1)N(C)CCC(C)O. The van der Waals surface area contributed by atoms with Gasteiger partial charge in [0.15, 0.2) is 0 Å². The summed E-state index contributed by atoms with van der Waals surface area (Å²) in [5.41, 5.74) is 6.20. The van der Waals surface area contributed by atoms with Gasteiger partial charge in [-0.15, -0.1) is 0 Å². The lowest BCUT2D eigenvalue weighted by Crippen LogP contribution is -2.39. The number of aliphatic hydroxyl groups is 1. The van der Waals surface area contributed by atoms with Crippen molar-refractivity contribution in [3.05, 3.63) is 23.7 Å². The third-order valence-electron chi connectivity index (χ3n) is 3.30.